The fourth-order valence-electron chi connectivity index (χ4n) is 3.83. The molecule has 2 amide bonds. The molecule has 0 saturated carbocycles. The highest BCUT2D eigenvalue weighted by Gasteiger charge is 2.27. The molecule has 2 saturated heterocycles. The van der Waals surface area contributed by atoms with Crippen LogP contribution in [0.1, 0.15) is 31.6 Å². The Balaban J connectivity index is 1.24. The maximum absolute atomic E-state index is 12.5. The van der Waals surface area contributed by atoms with Crippen molar-refractivity contribution in [2.24, 2.45) is 5.92 Å². The van der Waals surface area contributed by atoms with Crippen LogP contribution in [0.4, 0.5) is 0 Å². The molecule has 1 atom stereocenters. The van der Waals surface area contributed by atoms with Gasteiger partial charge in [-0.2, -0.15) is 4.98 Å². The molecule has 0 aliphatic carbocycles. The number of aromatic nitrogens is 2. The van der Waals surface area contributed by atoms with Gasteiger partial charge in [-0.05, 0) is 37.3 Å². The standard InChI is InChI=1S/C19H25N5O3S/c25-17-6-2-9-24(17)10-7-20-19(26)14-4-1-8-23(12-14)13-16-21-18(22-27-16)15-5-3-11-28-15/h3,5,11,14H,1-2,4,6-10,12-13H2,(H,20,26). The average Bonchev–Trinajstić information content (AvgIpc) is 3.44. The minimum atomic E-state index is -0.0392. The van der Waals surface area contributed by atoms with Crippen LogP contribution in [-0.2, 0) is 16.1 Å². The molecular formula is C19H25N5O3S. The van der Waals surface area contributed by atoms with Gasteiger partial charge in [0.15, 0.2) is 0 Å². The highest BCUT2D eigenvalue weighted by Crippen LogP contribution is 2.23. The Hall–Kier alpha value is -2.26. The van der Waals surface area contributed by atoms with Crippen molar-refractivity contribution in [2.75, 3.05) is 32.7 Å². The van der Waals surface area contributed by atoms with Gasteiger partial charge in [-0.1, -0.05) is 11.2 Å². The molecule has 8 nitrogen and oxygen atoms in total. The van der Waals surface area contributed by atoms with E-state index in [2.05, 4.69) is 20.4 Å². The Morgan fingerprint density at radius 1 is 1.36 bits per heavy atom. The van der Waals surface area contributed by atoms with Gasteiger partial charge in [0.05, 0.1) is 17.3 Å². The summed E-state index contributed by atoms with van der Waals surface area (Å²) in [5.41, 5.74) is 0. The Kier molecular flexibility index (Phi) is 6.01. The van der Waals surface area contributed by atoms with Gasteiger partial charge in [0.2, 0.25) is 23.5 Å². The highest BCUT2D eigenvalue weighted by molar-refractivity contribution is 7.13. The number of nitrogens with one attached hydrogen (secondary N) is 1. The maximum Gasteiger partial charge on any atom is 0.241 e. The van der Waals surface area contributed by atoms with Gasteiger partial charge in [0.1, 0.15) is 0 Å². The average molecular weight is 404 g/mol. The van der Waals surface area contributed by atoms with Crippen molar-refractivity contribution in [3.63, 3.8) is 0 Å². The Labute approximate surface area is 167 Å². The molecule has 0 spiro atoms. The summed E-state index contributed by atoms with van der Waals surface area (Å²) in [4.78, 5) is 33.6. The maximum atomic E-state index is 12.5. The molecule has 1 N–H and O–H groups in total. The molecule has 9 heteroatoms. The van der Waals surface area contributed by atoms with E-state index in [-0.39, 0.29) is 17.7 Å². The molecule has 0 aromatic carbocycles. The Morgan fingerprint density at radius 3 is 3.07 bits per heavy atom. The second kappa shape index (κ2) is 8.83. The second-order valence-corrected chi connectivity index (χ2v) is 8.29. The van der Waals surface area contributed by atoms with Gasteiger partial charge < -0.3 is 14.7 Å². The lowest BCUT2D eigenvalue weighted by Gasteiger charge is -2.31. The van der Waals surface area contributed by atoms with E-state index in [1.165, 1.54) is 0 Å². The van der Waals surface area contributed by atoms with Crippen molar-refractivity contribution in [1.82, 2.24) is 25.3 Å². The smallest absolute Gasteiger partial charge is 0.241 e. The lowest BCUT2D eigenvalue weighted by atomic mass is 9.97. The van der Waals surface area contributed by atoms with Crippen LogP contribution in [0.25, 0.3) is 10.7 Å². The first-order chi connectivity index (χ1) is 13.7. The van der Waals surface area contributed by atoms with Gasteiger partial charge in [-0.15, -0.1) is 11.3 Å². The monoisotopic (exact) mass is 403 g/mol. The number of piperidine rings is 1. The van der Waals surface area contributed by atoms with Crippen molar-refractivity contribution in [2.45, 2.75) is 32.2 Å². The second-order valence-electron chi connectivity index (χ2n) is 7.34. The lowest BCUT2D eigenvalue weighted by molar-refractivity contribution is -0.129. The zero-order valence-corrected chi connectivity index (χ0v) is 16.6. The van der Waals surface area contributed by atoms with Crippen LogP contribution in [0, 0.1) is 5.92 Å². The fraction of sp³-hybridized carbons (Fsp3) is 0.579. The normalized spacial score (nSPS) is 20.6. The van der Waals surface area contributed by atoms with Gasteiger partial charge in [0.25, 0.3) is 0 Å². The molecule has 2 aliphatic heterocycles. The van der Waals surface area contributed by atoms with Gasteiger partial charge in [-0.3, -0.25) is 14.5 Å². The molecule has 150 valence electrons. The Bertz CT molecular complexity index is 806. The van der Waals surface area contributed by atoms with Crippen molar-refractivity contribution >= 4 is 23.2 Å². The van der Waals surface area contributed by atoms with E-state index in [0.29, 0.717) is 44.3 Å². The van der Waals surface area contributed by atoms with Crippen LogP contribution in [0.15, 0.2) is 22.0 Å². The minimum absolute atomic E-state index is 0.0392. The van der Waals surface area contributed by atoms with Crippen LogP contribution in [0.3, 0.4) is 0 Å². The predicted molar refractivity (Wildman–Crippen MR) is 104 cm³/mol. The summed E-state index contributed by atoms with van der Waals surface area (Å²) in [6, 6.07) is 3.93. The van der Waals surface area contributed by atoms with Crippen LogP contribution in [0.2, 0.25) is 0 Å². The number of carbonyl (C=O) groups is 2. The van der Waals surface area contributed by atoms with E-state index in [0.717, 1.165) is 37.2 Å². The van der Waals surface area contributed by atoms with E-state index in [9.17, 15) is 9.59 Å². The molecule has 4 rings (SSSR count). The van der Waals surface area contributed by atoms with Crippen molar-refractivity contribution < 1.29 is 14.1 Å². The number of likely N-dealkylation sites (tertiary alicyclic amines) is 2. The first-order valence-corrected chi connectivity index (χ1v) is 10.7. The van der Waals surface area contributed by atoms with Crippen molar-refractivity contribution in [3.05, 3.63) is 23.4 Å². The molecule has 2 fully saturated rings. The third kappa shape index (κ3) is 4.59. The van der Waals surface area contributed by atoms with Gasteiger partial charge in [0, 0.05) is 32.6 Å². The van der Waals surface area contributed by atoms with E-state index in [1.807, 2.05) is 22.4 Å². The first-order valence-electron chi connectivity index (χ1n) is 9.83. The third-order valence-corrected chi connectivity index (χ3v) is 6.16. The number of thiophene rings is 1. The van der Waals surface area contributed by atoms with E-state index in [4.69, 9.17) is 4.52 Å². The summed E-state index contributed by atoms with van der Waals surface area (Å²) in [6.07, 6.45) is 3.41. The SMILES string of the molecule is O=C(NCCN1CCCC1=O)C1CCCN(Cc2nc(-c3cccs3)no2)C1. The topological polar surface area (TPSA) is 91.6 Å². The summed E-state index contributed by atoms with van der Waals surface area (Å²) >= 11 is 1.58. The molecule has 0 radical (unpaired) electrons. The molecule has 2 aliphatic rings. The molecule has 2 aromatic rings. The van der Waals surface area contributed by atoms with E-state index >= 15 is 0 Å². The van der Waals surface area contributed by atoms with Crippen LogP contribution < -0.4 is 5.32 Å². The molecule has 28 heavy (non-hydrogen) atoms. The van der Waals surface area contributed by atoms with Crippen LogP contribution in [0.5, 0.6) is 0 Å². The number of carbonyl (C=O) groups excluding carboxylic acids is 2. The zero-order valence-electron chi connectivity index (χ0n) is 15.8. The largest absolute Gasteiger partial charge is 0.354 e. The lowest BCUT2D eigenvalue weighted by Crippen LogP contribution is -2.44. The van der Waals surface area contributed by atoms with Crippen molar-refractivity contribution in [1.29, 1.82) is 0 Å². The summed E-state index contributed by atoms with van der Waals surface area (Å²) < 4.78 is 5.38. The summed E-state index contributed by atoms with van der Waals surface area (Å²) in [7, 11) is 0. The molecule has 4 heterocycles. The minimum Gasteiger partial charge on any atom is -0.354 e. The van der Waals surface area contributed by atoms with E-state index < -0.39 is 0 Å². The highest BCUT2D eigenvalue weighted by atomic mass is 32.1. The number of hydrogen-bond acceptors (Lipinski definition) is 7. The van der Waals surface area contributed by atoms with Crippen molar-refractivity contribution in [3.8, 4) is 10.7 Å². The van der Waals surface area contributed by atoms with Gasteiger partial charge >= 0.3 is 0 Å². The Morgan fingerprint density at radius 2 is 2.29 bits per heavy atom. The molecule has 2 aromatic heterocycles. The first kappa shape index (κ1) is 19.1. The number of nitrogens with zero attached hydrogens (tertiary/aromatic N) is 4. The van der Waals surface area contributed by atoms with Gasteiger partial charge in [-0.25, -0.2) is 0 Å². The van der Waals surface area contributed by atoms with E-state index in [1.54, 1.807) is 11.3 Å². The summed E-state index contributed by atoms with van der Waals surface area (Å²) in [5.74, 6) is 1.42. The fourth-order valence-corrected chi connectivity index (χ4v) is 4.48. The molecular weight excluding hydrogens is 378 g/mol. The number of rotatable bonds is 7. The summed E-state index contributed by atoms with van der Waals surface area (Å²) in [6.45, 7) is 4.10. The number of amides is 2. The molecule has 0 bridgehead atoms. The zero-order chi connectivity index (χ0) is 19.3. The number of hydrogen-bond donors (Lipinski definition) is 1. The summed E-state index contributed by atoms with van der Waals surface area (Å²) in [5, 5.41) is 9.03. The quantitative estimate of drug-likeness (QED) is 0.757. The van der Waals surface area contributed by atoms with Crippen LogP contribution >= 0.6 is 11.3 Å². The predicted octanol–water partition coefficient (Wildman–Crippen LogP) is 1.75. The third-order valence-electron chi connectivity index (χ3n) is 5.30. The molecule has 1 unspecified atom stereocenters. The van der Waals surface area contributed by atoms with Crippen LogP contribution in [-0.4, -0.2) is 64.5 Å².